The molecule has 11 nitrogen and oxygen atoms in total. The first-order chi connectivity index (χ1) is 18.5. The van der Waals surface area contributed by atoms with Crippen LogP contribution in [0.3, 0.4) is 0 Å². The first-order valence-electron chi connectivity index (χ1n) is 12.1. The number of nitriles is 1. The topological polar surface area (TPSA) is 124 Å². The number of hydrogen-bond donors (Lipinski definition) is 2. The fraction of sp³-hybridized carbons (Fsp3) is 0.222. The fourth-order valence-electron chi connectivity index (χ4n) is 4.40. The minimum absolute atomic E-state index is 0.265. The molecule has 1 aliphatic rings. The van der Waals surface area contributed by atoms with Crippen LogP contribution in [0.1, 0.15) is 5.56 Å². The second kappa shape index (κ2) is 10.6. The molecule has 1 saturated heterocycles. The van der Waals surface area contributed by atoms with Crippen molar-refractivity contribution in [3.63, 3.8) is 0 Å². The van der Waals surface area contributed by atoms with Crippen molar-refractivity contribution in [2.24, 2.45) is 0 Å². The maximum absolute atomic E-state index is 12.3. The van der Waals surface area contributed by atoms with Crippen LogP contribution in [-0.4, -0.2) is 70.7 Å². The number of nitrogens with zero attached hydrogens (tertiary/aromatic N) is 7. The highest BCUT2D eigenvalue weighted by molar-refractivity contribution is 6.02. The number of nitrogens with one attached hydrogen (secondary N) is 2. The summed E-state index contributed by atoms with van der Waals surface area (Å²) in [6, 6.07) is 11.5. The van der Waals surface area contributed by atoms with Gasteiger partial charge in [0.2, 0.25) is 11.9 Å². The van der Waals surface area contributed by atoms with Crippen molar-refractivity contribution in [2.45, 2.75) is 0 Å². The first kappa shape index (κ1) is 24.7. The van der Waals surface area contributed by atoms with Gasteiger partial charge in [-0.1, -0.05) is 12.6 Å². The van der Waals surface area contributed by atoms with E-state index in [9.17, 15) is 10.1 Å². The second-order valence-electron chi connectivity index (χ2n) is 8.83. The van der Waals surface area contributed by atoms with Crippen LogP contribution in [0.4, 0.5) is 23.0 Å². The van der Waals surface area contributed by atoms with E-state index in [0.717, 1.165) is 37.4 Å². The third-order valence-electron chi connectivity index (χ3n) is 6.44. The number of aromatic nitrogens is 4. The molecule has 0 aliphatic carbocycles. The van der Waals surface area contributed by atoms with Crippen molar-refractivity contribution in [2.75, 3.05) is 55.9 Å². The Kier molecular flexibility index (Phi) is 6.88. The Morgan fingerprint density at radius 2 is 2.00 bits per heavy atom. The molecule has 1 fully saturated rings. The fourth-order valence-corrected chi connectivity index (χ4v) is 4.40. The lowest BCUT2D eigenvalue weighted by Gasteiger charge is -2.35. The molecule has 0 unspecified atom stereocenters. The summed E-state index contributed by atoms with van der Waals surface area (Å²) in [7, 11) is 3.67. The molecule has 192 valence electrons. The van der Waals surface area contributed by atoms with Crippen molar-refractivity contribution in [1.82, 2.24) is 24.5 Å². The number of ether oxygens (including phenoxy) is 1. The van der Waals surface area contributed by atoms with Crippen molar-refractivity contribution in [3.05, 3.63) is 67.1 Å². The zero-order chi connectivity index (χ0) is 26.6. The molecule has 0 saturated carbocycles. The minimum atomic E-state index is -0.318. The van der Waals surface area contributed by atoms with Crippen LogP contribution in [0.5, 0.6) is 5.75 Å². The van der Waals surface area contributed by atoms with Gasteiger partial charge < -0.3 is 25.2 Å². The van der Waals surface area contributed by atoms with Gasteiger partial charge in [0.1, 0.15) is 11.8 Å². The SMILES string of the molecule is C=CC(=O)Nc1cc(Nc2ncc(C#N)c(-c3cnn4ccccc34)n2)c(OC)cc1N1CCN(C)CC1. The smallest absolute Gasteiger partial charge is 0.247 e. The summed E-state index contributed by atoms with van der Waals surface area (Å²) in [5, 5.41) is 20.2. The number of methoxy groups -OCH3 is 1. The molecule has 1 amide bonds. The highest BCUT2D eigenvalue weighted by atomic mass is 16.5. The van der Waals surface area contributed by atoms with Gasteiger partial charge in [-0.3, -0.25) is 4.79 Å². The van der Waals surface area contributed by atoms with Crippen LogP contribution in [0.2, 0.25) is 0 Å². The predicted octanol–water partition coefficient (Wildman–Crippen LogP) is 3.29. The van der Waals surface area contributed by atoms with E-state index in [0.29, 0.717) is 33.9 Å². The number of carbonyl (C=O) groups is 1. The molecule has 38 heavy (non-hydrogen) atoms. The summed E-state index contributed by atoms with van der Waals surface area (Å²) in [6.45, 7) is 7.01. The van der Waals surface area contributed by atoms with E-state index in [2.05, 4.69) is 55.2 Å². The van der Waals surface area contributed by atoms with Crippen LogP contribution >= 0.6 is 0 Å². The van der Waals surface area contributed by atoms with E-state index in [1.807, 2.05) is 30.5 Å². The summed E-state index contributed by atoms with van der Waals surface area (Å²) in [6.07, 6.45) is 6.22. The zero-order valence-corrected chi connectivity index (χ0v) is 21.2. The van der Waals surface area contributed by atoms with Crippen LogP contribution in [-0.2, 0) is 4.79 Å². The number of pyridine rings is 1. The standard InChI is InChI=1S/C27H27N9O2/c1-4-25(37)31-20-13-21(24(38-3)14-23(20)35-11-9-34(2)10-12-35)32-27-29-16-18(15-28)26(33-27)19-17-30-36-8-6-5-7-22(19)36/h4-8,13-14,16-17H,1,9-12H2,2-3H3,(H,31,37)(H,29,32,33). The summed E-state index contributed by atoms with van der Waals surface area (Å²) >= 11 is 0. The average molecular weight is 510 g/mol. The van der Waals surface area contributed by atoms with Crippen molar-refractivity contribution in [3.8, 4) is 23.1 Å². The Hall–Kier alpha value is -4.95. The molecule has 0 spiro atoms. The van der Waals surface area contributed by atoms with E-state index >= 15 is 0 Å². The molecular formula is C27H27N9O2. The summed E-state index contributed by atoms with van der Waals surface area (Å²) in [5.74, 6) is 0.503. The molecule has 0 radical (unpaired) electrons. The third kappa shape index (κ3) is 4.85. The normalized spacial score (nSPS) is 13.7. The van der Waals surface area contributed by atoms with E-state index in [1.54, 1.807) is 23.9 Å². The lowest BCUT2D eigenvalue weighted by Crippen LogP contribution is -2.44. The Balaban J connectivity index is 1.54. The van der Waals surface area contributed by atoms with E-state index in [1.165, 1.54) is 12.3 Å². The van der Waals surface area contributed by atoms with Crippen molar-refractivity contribution in [1.29, 1.82) is 5.26 Å². The number of likely N-dealkylation sites (N-methyl/N-ethyl adjacent to an activating group) is 1. The number of fused-ring (bicyclic) bond motifs is 1. The lowest BCUT2D eigenvalue weighted by atomic mass is 10.1. The van der Waals surface area contributed by atoms with Gasteiger partial charge in [-0.15, -0.1) is 0 Å². The highest BCUT2D eigenvalue weighted by Crippen LogP contribution is 2.39. The number of hydrogen-bond acceptors (Lipinski definition) is 9. The van der Waals surface area contributed by atoms with E-state index < -0.39 is 0 Å². The Morgan fingerprint density at radius 1 is 1.18 bits per heavy atom. The molecule has 2 N–H and O–H groups in total. The number of amides is 1. The largest absolute Gasteiger partial charge is 0.494 e. The molecule has 0 atom stereocenters. The van der Waals surface area contributed by atoms with Gasteiger partial charge in [0.05, 0.1) is 53.3 Å². The van der Waals surface area contributed by atoms with Gasteiger partial charge in [-0.05, 0) is 31.3 Å². The van der Waals surface area contributed by atoms with Gasteiger partial charge >= 0.3 is 0 Å². The maximum atomic E-state index is 12.3. The molecular weight excluding hydrogens is 482 g/mol. The Labute approximate surface area is 220 Å². The number of rotatable bonds is 7. The molecule has 1 aliphatic heterocycles. The van der Waals surface area contributed by atoms with E-state index in [-0.39, 0.29) is 11.9 Å². The highest BCUT2D eigenvalue weighted by Gasteiger charge is 2.22. The zero-order valence-electron chi connectivity index (χ0n) is 21.2. The predicted molar refractivity (Wildman–Crippen MR) is 146 cm³/mol. The van der Waals surface area contributed by atoms with Crippen LogP contribution < -0.4 is 20.3 Å². The third-order valence-corrected chi connectivity index (χ3v) is 6.44. The van der Waals surface area contributed by atoms with Crippen LogP contribution in [0.25, 0.3) is 16.8 Å². The van der Waals surface area contributed by atoms with Crippen LogP contribution in [0, 0.1) is 11.3 Å². The molecule has 4 aromatic rings. The van der Waals surface area contributed by atoms with Gasteiger partial charge in [-0.2, -0.15) is 10.4 Å². The second-order valence-corrected chi connectivity index (χ2v) is 8.83. The summed E-state index contributed by atoms with van der Waals surface area (Å²) in [4.78, 5) is 25.8. The molecule has 1 aromatic carbocycles. The quantitative estimate of drug-likeness (QED) is 0.361. The van der Waals surface area contributed by atoms with Crippen molar-refractivity contribution >= 4 is 34.4 Å². The van der Waals surface area contributed by atoms with Gasteiger partial charge in [-0.25, -0.2) is 14.5 Å². The number of anilines is 4. The van der Waals surface area contributed by atoms with E-state index in [4.69, 9.17) is 4.74 Å². The average Bonchev–Trinajstić information content (AvgIpc) is 3.38. The van der Waals surface area contributed by atoms with Crippen molar-refractivity contribution < 1.29 is 9.53 Å². The van der Waals surface area contributed by atoms with Gasteiger partial charge in [0.15, 0.2) is 0 Å². The Bertz CT molecular complexity index is 1550. The van der Waals surface area contributed by atoms with Crippen LogP contribution in [0.15, 0.2) is 61.6 Å². The first-order valence-corrected chi connectivity index (χ1v) is 12.1. The molecule has 0 bridgehead atoms. The number of carbonyl (C=O) groups excluding carboxylic acids is 1. The van der Waals surface area contributed by atoms with Gasteiger partial charge in [0.25, 0.3) is 0 Å². The summed E-state index contributed by atoms with van der Waals surface area (Å²) in [5.41, 5.74) is 4.33. The minimum Gasteiger partial charge on any atom is -0.494 e. The lowest BCUT2D eigenvalue weighted by molar-refractivity contribution is -0.111. The number of piperazine rings is 1. The Morgan fingerprint density at radius 3 is 2.74 bits per heavy atom. The molecule has 11 heteroatoms. The molecule has 4 heterocycles. The maximum Gasteiger partial charge on any atom is 0.247 e. The molecule has 5 rings (SSSR count). The monoisotopic (exact) mass is 509 g/mol. The molecule has 3 aromatic heterocycles. The summed E-state index contributed by atoms with van der Waals surface area (Å²) < 4.78 is 7.43. The number of benzene rings is 1. The van der Waals surface area contributed by atoms with Gasteiger partial charge in [0, 0.05) is 44.0 Å².